The van der Waals surface area contributed by atoms with Gasteiger partial charge < -0.3 is 14.6 Å². The van der Waals surface area contributed by atoms with Crippen molar-refractivity contribution < 1.29 is 32.7 Å². The lowest BCUT2D eigenvalue weighted by Crippen LogP contribution is -2.36. The first-order valence-electron chi connectivity index (χ1n) is 16.1. The monoisotopic (exact) mass is 584 g/mol. The molecule has 2 rings (SSSR count). The second-order valence-corrected chi connectivity index (χ2v) is 12.6. The molecule has 0 amide bonds. The van der Waals surface area contributed by atoms with Crippen LogP contribution in [-0.4, -0.2) is 43.9 Å². The summed E-state index contributed by atoms with van der Waals surface area (Å²) in [5, 5.41) is 9.93. The number of ether oxygens (including phenoxy) is 2. The van der Waals surface area contributed by atoms with Crippen molar-refractivity contribution in [2.45, 2.75) is 141 Å². The standard InChI is InChI=1S/C32H57O7P/c1-2-3-4-5-6-7-8-9-10-11-12-13-14-15-16-17-18-22-25-35-32(39-40(34)37-26-27-38-40)31(28-33)36-29-30-23-20-19-21-24-30/h19-21,23-24,31-33H,2-18,22,25-29H2,1H3. The van der Waals surface area contributed by atoms with Crippen molar-refractivity contribution in [1.29, 1.82) is 0 Å². The van der Waals surface area contributed by atoms with Gasteiger partial charge in [-0.05, 0) is 12.0 Å². The molecule has 1 aromatic rings. The van der Waals surface area contributed by atoms with Gasteiger partial charge in [0.2, 0.25) is 0 Å². The number of benzene rings is 1. The van der Waals surface area contributed by atoms with Crippen LogP contribution in [-0.2, 0) is 34.2 Å². The van der Waals surface area contributed by atoms with Gasteiger partial charge in [-0.25, -0.2) is 4.57 Å². The Balaban J connectivity index is 1.50. The predicted molar refractivity (Wildman–Crippen MR) is 161 cm³/mol. The van der Waals surface area contributed by atoms with Crippen LogP contribution in [0.3, 0.4) is 0 Å². The molecule has 7 nitrogen and oxygen atoms in total. The summed E-state index contributed by atoms with van der Waals surface area (Å²) in [6, 6.07) is 9.66. The number of rotatable bonds is 27. The van der Waals surface area contributed by atoms with Crippen LogP contribution in [0.2, 0.25) is 0 Å². The summed E-state index contributed by atoms with van der Waals surface area (Å²) >= 11 is 0. The van der Waals surface area contributed by atoms with Gasteiger partial charge in [-0.2, -0.15) is 0 Å². The average Bonchev–Trinajstić information content (AvgIpc) is 3.40. The minimum absolute atomic E-state index is 0.206. The lowest BCUT2D eigenvalue weighted by Gasteiger charge is -2.27. The molecule has 2 atom stereocenters. The average molecular weight is 585 g/mol. The molecule has 1 aliphatic heterocycles. The maximum absolute atomic E-state index is 12.6. The molecule has 0 aliphatic carbocycles. The number of unbranched alkanes of at least 4 members (excludes halogenated alkanes) is 17. The SMILES string of the molecule is CCCCCCCCCCCCCCCCCCCCOC(OP1(=O)OCCO1)C(CO)OCc1ccccc1. The van der Waals surface area contributed by atoms with Crippen LogP contribution in [0.4, 0.5) is 0 Å². The zero-order valence-corrected chi connectivity index (χ0v) is 26.0. The Morgan fingerprint density at radius 2 is 1.20 bits per heavy atom. The number of aliphatic hydroxyl groups is 1. The van der Waals surface area contributed by atoms with Crippen molar-refractivity contribution in [3.8, 4) is 0 Å². The largest absolute Gasteiger partial charge is 0.477 e. The van der Waals surface area contributed by atoms with E-state index in [9.17, 15) is 9.67 Å². The summed E-state index contributed by atoms with van der Waals surface area (Å²) in [6.45, 7) is 3.06. The molecule has 2 unspecified atom stereocenters. The molecule has 1 aromatic carbocycles. The van der Waals surface area contributed by atoms with Crippen LogP contribution in [0.1, 0.15) is 128 Å². The number of phosphoric ester groups is 1. The number of phosphoric acid groups is 1. The molecular weight excluding hydrogens is 527 g/mol. The summed E-state index contributed by atoms with van der Waals surface area (Å²) in [4.78, 5) is 0. The molecule has 1 heterocycles. The lowest BCUT2D eigenvalue weighted by molar-refractivity contribution is -0.185. The van der Waals surface area contributed by atoms with Crippen molar-refractivity contribution in [3.63, 3.8) is 0 Å². The molecule has 8 heteroatoms. The van der Waals surface area contributed by atoms with Gasteiger partial charge in [-0.15, -0.1) is 0 Å². The molecule has 232 valence electrons. The smallest absolute Gasteiger partial charge is 0.393 e. The maximum atomic E-state index is 12.6. The molecule has 1 N–H and O–H groups in total. The summed E-state index contributed by atoms with van der Waals surface area (Å²) in [6.07, 6.45) is 21.9. The molecule has 0 radical (unpaired) electrons. The molecule has 1 saturated heterocycles. The Labute approximate surface area is 244 Å². The second-order valence-electron chi connectivity index (χ2n) is 11.0. The number of hydrogen-bond donors (Lipinski definition) is 1. The van der Waals surface area contributed by atoms with Gasteiger partial charge in [0.15, 0.2) is 6.29 Å². The van der Waals surface area contributed by atoms with Crippen LogP contribution < -0.4 is 0 Å². The summed E-state index contributed by atoms with van der Waals surface area (Å²) in [5.41, 5.74) is 0.961. The summed E-state index contributed by atoms with van der Waals surface area (Å²) in [5.74, 6) is 0. The molecule has 1 aliphatic rings. The fraction of sp³-hybridized carbons (Fsp3) is 0.812. The van der Waals surface area contributed by atoms with E-state index in [-0.39, 0.29) is 26.4 Å². The normalized spacial score (nSPS) is 16.4. The van der Waals surface area contributed by atoms with Gasteiger partial charge in [0.1, 0.15) is 6.10 Å². The second kappa shape index (κ2) is 23.7. The van der Waals surface area contributed by atoms with E-state index in [0.717, 1.165) is 18.4 Å². The Bertz CT molecular complexity index is 738. The van der Waals surface area contributed by atoms with Crippen molar-refractivity contribution in [3.05, 3.63) is 35.9 Å². The van der Waals surface area contributed by atoms with Gasteiger partial charge in [0.05, 0.1) is 26.4 Å². The van der Waals surface area contributed by atoms with Gasteiger partial charge in [-0.1, -0.05) is 146 Å². The van der Waals surface area contributed by atoms with Crippen LogP contribution in [0.15, 0.2) is 30.3 Å². The Morgan fingerprint density at radius 3 is 1.68 bits per heavy atom. The van der Waals surface area contributed by atoms with E-state index in [2.05, 4.69) is 6.92 Å². The fourth-order valence-electron chi connectivity index (χ4n) is 4.93. The third-order valence-corrected chi connectivity index (χ3v) is 8.85. The zero-order chi connectivity index (χ0) is 28.6. The topological polar surface area (TPSA) is 83.5 Å². The first-order valence-corrected chi connectivity index (χ1v) is 17.6. The molecule has 0 saturated carbocycles. The van der Waals surface area contributed by atoms with Gasteiger partial charge in [-0.3, -0.25) is 13.6 Å². The molecule has 0 bridgehead atoms. The van der Waals surface area contributed by atoms with E-state index in [1.807, 2.05) is 30.3 Å². The van der Waals surface area contributed by atoms with Gasteiger partial charge >= 0.3 is 7.82 Å². The molecule has 40 heavy (non-hydrogen) atoms. The van der Waals surface area contributed by atoms with E-state index < -0.39 is 20.2 Å². The third kappa shape index (κ3) is 17.2. The molecule has 0 spiro atoms. The Morgan fingerprint density at radius 1 is 0.725 bits per heavy atom. The minimum Gasteiger partial charge on any atom is -0.393 e. The van der Waals surface area contributed by atoms with E-state index in [4.69, 9.17) is 23.0 Å². The number of aliphatic hydroxyl groups excluding tert-OH is 1. The highest BCUT2D eigenvalue weighted by atomic mass is 31.2. The lowest BCUT2D eigenvalue weighted by atomic mass is 10.0. The van der Waals surface area contributed by atoms with E-state index in [1.165, 1.54) is 103 Å². The first kappa shape index (κ1) is 35.4. The van der Waals surface area contributed by atoms with E-state index >= 15 is 0 Å². The summed E-state index contributed by atoms with van der Waals surface area (Å²) in [7, 11) is -3.70. The molecule has 0 aromatic heterocycles. The molecular formula is C32H57O7P. The minimum atomic E-state index is -3.70. The molecule has 1 fully saturated rings. The van der Waals surface area contributed by atoms with E-state index in [1.54, 1.807) is 0 Å². The van der Waals surface area contributed by atoms with Crippen LogP contribution in [0, 0.1) is 0 Å². The Hall–Kier alpha value is -0.790. The Kier molecular flexibility index (Phi) is 21.0. The highest BCUT2D eigenvalue weighted by Crippen LogP contribution is 2.54. The summed E-state index contributed by atoms with van der Waals surface area (Å²) < 4.78 is 40.3. The van der Waals surface area contributed by atoms with Crippen molar-refractivity contribution in [2.75, 3.05) is 26.4 Å². The van der Waals surface area contributed by atoms with Crippen LogP contribution >= 0.6 is 7.82 Å². The quantitative estimate of drug-likeness (QED) is 0.0627. The van der Waals surface area contributed by atoms with Crippen molar-refractivity contribution in [1.82, 2.24) is 0 Å². The van der Waals surface area contributed by atoms with Gasteiger partial charge in [0, 0.05) is 6.61 Å². The predicted octanol–water partition coefficient (Wildman–Crippen LogP) is 9.12. The first-order chi connectivity index (χ1) is 19.7. The van der Waals surface area contributed by atoms with Crippen LogP contribution in [0.5, 0.6) is 0 Å². The highest BCUT2D eigenvalue weighted by Gasteiger charge is 2.39. The third-order valence-electron chi connectivity index (χ3n) is 7.39. The maximum Gasteiger partial charge on any atom is 0.477 e. The van der Waals surface area contributed by atoms with Crippen molar-refractivity contribution in [2.24, 2.45) is 0 Å². The van der Waals surface area contributed by atoms with Gasteiger partial charge in [0.25, 0.3) is 0 Å². The van der Waals surface area contributed by atoms with Crippen LogP contribution in [0.25, 0.3) is 0 Å². The van der Waals surface area contributed by atoms with E-state index in [0.29, 0.717) is 6.61 Å². The number of hydrogen-bond acceptors (Lipinski definition) is 7. The zero-order valence-electron chi connectivity index (χ0n) is 25.1. The highest BCUT2D eigenvalue weighted by molar-refractivity contribution is 7.48. The fourth-order valence-corrected chi connectivity index (χ4v) is 6.17. The van der Waals surface area contributed by atoms with Crippen molar-refractivity contribution >= 4 is 7.82 Å².